The summed E-state index contributed by atoms with van der Waals surface area (Å²) in [6, 6.07) is 6.65. The molecular formula is C13H14N4O2. The van der Waals surface area contributed by atoms with E-state index in [9.17, 15) is 9.59 Å². The molecule has 1 aromatic heterocycles. The van der Waals surface area contributed by atoms with Crippen molar-refractivity contribution >= 4 is 17.3 Å². The highest BCUT2D eigenvalue weighted by Crippen LogP contribution is 2.19. The van der Waals surface area contributed by atoms with Crippen molar-refractivity contribution in [3.05, 3.63) is 52.7 Å². The van der Waals surface area contributed by atoms with Crippen molar-refractivity contribution in [2.75, 3.05) is 11.1 Å². The number of carbonyl (C=O) groups excluding carboxylic acids is 1. The van der Waals surface area contributed by atoms with Crippen LogP contribution in [0.2, 0.25) is 0 Å². The molecule has 0 bridgehead atoms. The van der Waals surface area contributed by atoms with Crippen LogP contribution in [0, 0.1) is 6.92 Å². The van der Waals surface area contributed by atoms with Gasteiger partial charge in [-0.25, -0.2) is 4.98 Å². The van der Waals surface area contributed by atoms with Crippen molar-refractivity contribution in [2.45, 2.75) is 13.5 Å². The van der Waals surface area contributed by atoms with E-state index < -0.39 is 0 Å². The van der Waals surface area contributed by atoms with Gasteiger partial charge < -0.3 is 11.1 Å². The number of hydrogen-bond acceptors (Lipinski definition) is 4. The second-order valence-electron chi connectivity index (χ2n) is 4.19. The minimum Gasteiger partial charge on any atom is -0.397 e. The number of amides is 1. The van der Waals surface area contributed by atoms with Crippen LogP contribution in [0.1, 0.15) is 5.56 Å². The van der Waals surface area contributed by atoms with Crippen molar-refractivity contribution in [3.8, 4) is 0 Å². The zero-order valence-electron chi connectivity index (χ0n) is 10.5. The van der Waals surface area contributed by atoms with Gasteiger partial charge in [0.15, 0.2) is 0 Å². The molecule has 0 saturated carbocycles. The van der Waals surface area contributed by atoms with Crippen LogP contribution in [0.5, 0.6) is 0 Å². The van der Waals surface area contributed by atoms with Crippen molar-refractivity contribution in [3.63, 3.8) is 0 Å². The van der Waals surface area contributed by atoms with Gasteiger partial charge in [0, 0.05) is 12.3 Å². The van der Waals surface area contributed by atoms with Gasteiger partial charge >= 0.3 is 0 Å². The maximum atomic E-state index is 11.8. The Labute approximate surface area is 109 Å². The van der Waals surface area contributed by atoms with Crippen LogP contribution in [0.4, 0.5) is 11.4 Å². The Hall–Kier alpha value is -2.63. The third-order valence-corrected chi connectivity index (χ3v) is 2.59. The number of anilines is 2. The first-order chi connectivity index (χ1) is 9.06. The van der Waals surface area contributed by atoms with Gasteiger partial charge in [0.1, 0.15) is 6.54 Å². The molecule has 0 aliphatic carbocycles. The number of carbonyl (C=O) groups is 1. The summed E-state index contributed by atoms with van der Waals surface area (Å²) >= 11 is 0. The zero-order chi connectivity index (χ0) is 13.8. The fraction of sp³-hybridized carbons (Fsp3) is 0.154. The first-order valence-electron chi connectivity index (χ1n) is 5.72. The molecule has 2 aromatic rings. The summed E-state index contributed by atoms with van der Waals surface area (Å²) in [7, 11) is 0. The van der Waals surface area contributed by atoms with Gasteiger partial charge in [-0.05, 0) is 24.6 Å². The lowest BCUT2D eigenvalue weighted by atomic mass is 10.2. The van der Waals surface area contributed by atoms with Crippen LogP contribution in [0.3, 0.4) is 0 Å². The Balaban J connectivity index is 2.10. The summed E-state index contributed by atoms with van der Waals surface area (Å²) in [6.07, 6.45) is 2.70. The maximum absolute atomic E-state index is 11.8. The minimum atomic E-state index is -0.328. The average Bonchev–Trinajstić information content (AvgIpc) is 2.36. The quantitative estimate of drug-likeness (QED) is 0.796. The van der Waals surface area contributed by atoms with Crippen molar-refractivity contribution < 1.29 is 4.79 Å². The van der Waals surface area contributed by atoms with Gasteiger partial charge in [0.05, 0.1) is 17.7 Å². The molecule has 1 heterocycles. The van der Waals surface area contributed by atoms with Crippen LogP contribution >= 0.6 is 0 Å². The summed E-state index contributed by atoms with van der Waals surface area (Å²) in [6.45, 7) is 1.82. The van der Waals surface area contributed by atoms with Gasteiger partial charge in [-0.2, -0.15) is 0 Å². The highest BCUT2D eigenvalue weighted by Gasteiger charge is 2.07. The summed E-state index contributed by atoms with van der Waals surface area (Å²) in [4.78, 5) is 27.0. The SMILES string of the molecule is Cc1ccc(NC(=O)Cn2cnccc2=O)c(N)c1. The number of aromatic nitrogens is 2. The maximum Gasteiger partial charge on any atom is 0.253 e. The van der Waals surface area contributed by atoms with E-state index in [1.165, 1.54) is 23.2 Å². The Kier molecular flexibility index (Phi) is 3.61. The third kappa shape index (κ3) is 3.19. The van der Waals surface area contributed by atoms with E-state index in [1.807, 2.05) is 13.0 Å². The average molecular weight is 258 g/mol. The molecule has 98 valence electrons. The normalized spacial score (nSPS) is 10.2. The molecule has 0 radical (unpaired) electrons. The summed E-state index contributed by atoms with van der Waals surface area (Å²) in [5.41, 5.74) is 7.56. The molecule has 2 rings (SSSR count). The number of hydrogen-bond donors (Lipinski definition) is 2. The molecule has 1 aromatic carbocycles. The Bertz CT molecular complexity index is 664. The standard InChI is InChI=1S/C13H14N4O2/c1-9-2-3-11(10(14)6-9)16-12(18)7-17-8-15-5-4-13(17)19/h2-6,8H,7,14H2,1H3,(H,16,18). The van der Waals surface area contributed by atoms with Gasteiger partial charge in [0.2, 0.25) is 5.91 Å². The molecule has 0 saturated heterocycles. The molecule has 0 aliphatic rings. The first kappa shape index (κ1) is 12.8. The van der Waals surface area contributed by atoms with E-state index in [0.29, 0.717) is 11.4 Å². The van der Waals surface area contributed by atoms with Gasteiger partial charge in [-0.1, -0.05) is 6.07 Å². The van der Waals surface area contributed by atoms with Crippen molar-refractivity contribution in [1.29, 1.82) is 0 Å². The smallest absolute Gasteiger partial charge is 0.253 e. The molecule has 0 spiro atoms. The number of rotatable bonds is 3. The molecule has 3 N–H and O–H groups in total. The lowest BCUT2D eigenvalue weighted by Crippen LogP contribution is -2.27. The molecular weight excluding hydrogens is 244 g/mol. The number of aryl methyl sites for hydroxylation is 1. The fourth-order valence-electron chi connectivity index (χ4n) is 1.64. The second kappa shape index (κ2) is 5.34. The zero-order valence-corrected chi connectivity index (χ0v) is 10.5. The first-order valence-corrected chi connectivity index (χ1v) is 5.72. The van der Waals surface area contributed by atoms with E-state index in [4.69, 9.17) is 5.73 Å². The van der Waals surface area contributed by atoms with E-state index in [2.05, 4.69) is 10.3 Å². The summed E-state index contributed by atoms with van der Waals surface area (Å²) in [5, 5.41) is 2.66. The molecule has 0 fully saturated rings. The molecule has 19 heavy (non-hydrogen) atoms. The number of nitrogens with two attached hydrogens (primary N) is 1. The molecule has 0 unspecified atom stereocenters. The number of nitrogen functional groups attached to an aromatic ring is 1. The van der Waals surface area contributed by atoms with Crippen molar-refractivity contribution in [2.24, 2.45) is 0 Å². The molecule has 0 aliphatic heterocycles. The lowest BCUT2D eigenvalue weighted by Gasteiger charge is -2.09. The van der Waals surface area contributed by atoms with E-state index >= 15 is 0 Å². The summed E-state index contributed by atoms with van der Waals surface area (Å²) in [5.74, 6) is -0.328. The second-order valence-corrected chi connectivity index (χ2v) is 4.19. The minimum absolute atomic E-state index is 0.0972. The largest absolute Gasteiger partial charge is 0.397 e. The third-order valence-electron chi connectivity index (χ3n) is 2.59. The van der Waals surface area contributed by atoms with Gasteiger partial charge in [0.25, 0.3) is 5.56 Å². The predicted octanol–water partition coefficient (Wildman–Crippen LogP) is 0.773. The predicted molar refractivity (Wildman–Crippen MR) is 72.7 cm³/mol. The van der Waals surface area contributed by atoms with Crippen LogP contribution in [-0.4, -0.2) is 15.5 Å². The Morgan fingerprint density at radius 1 is 1.42 bits per heavy atom. The summed E-state index contributed by atoms with van der Waals surface area (Å²) < 4.78 is 1.22. The molecule has 6 heteroatoms. The number of benzene rings is 1. The topological polar surface area (TPSA) is 90.0 Å². The van der Waals surface area contributed by atoms with E-state index in [0.717, 1.165) is 5.56 Å². The van der Waals surface area contributed by atoms with E-state index in [-0.39, 0.29) is 18.0 Å². The highest BCUT2D eigenvalue weighted by atomic mass is 16.2. The van der Waals surface area contributed by atoms with Crippen LogP contribution in [-0.2, 0) is 11.3 Å². The Morgan fingerprint density at radius 3 is 2.89 bits per heavy atom. The monoisotopic (exact) mass is 258 g/mol. The molecule has 0 atom stereocenters. The van der Waals surface area contributed by atoms with Crippen LogP contribution in [0.25, 0.3) is 0 Å². The van der Waals surface area contributed by atoms with Crippen molar-refractivity contribution in [1.82, 2.24) is 9.55 Å². The van der Waals surface area contributed by atoms with Gasteiger partial charge in [-0.3, -0.25) is 14.2 Å². The number of nitrogens with one attached hydrogen (secondary N) is 1. The Morgan fingerprint density at radius 2 is 2.21 bits per heavy atom. The van der Waals surface area contributed by atoms with Gasteiger partial charge in [-0.15, -0.1) is 0 Å². The fourth-order valence-corrected chi connectivity index (χ4v) is 1.64. The molecule has 1 amide bonds. The van der Waals surface area contributed by atoms with Crippen LogP contribution < -0.4 is 16.6 Å². The molecule has 6 nitrogen and oxygen atoms in total. The number of nitrogens with zero attached hydrogens (tertiary/aromatic N) is 2. The van der Waals surface area contributed by atoms with Crippen LogP contribution in [0.15, 0.2) is 41.6 Å². The highest BCUT2D eigenvalue weighted by molar-refractivity contribution is 5.93. The van der Waals surface area contributed by atoms with E-state index in [1.54, 1.807) is 12.1 Å². The lowest BCUT2D eigenvalue weighted by molar-refractivity contribution is -0.116.